The van der Waals surface area contributed by atoms with Crippen LogP contribution in [0.25, 0.3) is 22.2 Å². The number of ketones is 1. The molecule has 13 nitrogen and oxygen atoms in total. The van der Waals surface area contributed by atoms with E-state index in [4.69, 9.17) is 4.74 Å². The molecule has 0 bridgehead atoms. The van der Waals surface area contributed by atoms with Crippen LogP contribution in [0.5, 0.6) is 0 Å². The first-order chi connectivity index (χ1) is 23.1. The van der Waals surface area contributed by atoms with Crippen molar-refractivity contribution in [1.82, 2.24) is 39.5 Å². The number of Topliss-reactive ketones (excluding diaryl/α,β-unsaturated/α-hetero) is 1. The Labute approximate surface area is 286 Å². The summed E-state index contributed by atoms with van der Waals surface area (Å²) in [6, 6.07) is 4.97. The van der Waals surface area contributed by atoms with Gasteiger partial charge < -0.3 is 15.0 Å². The van der Waals surface area contributed by atoms with Crippen LogP contribution < -0.4 is 5.32 Å². The summed E-state index contributed by atoms with van der Waals surface area (Å²) in [6.07, 6.45) is 8.08. The number of aryl methyl sites for hydroxylation is 2. The summed E-state index contributed by atoms with van der Waals surface area (Å²) in [5.41, 5.74) is 2.96. The minimum atomic E-state index is -0.649. The van der Waals surface area contributed by atoms with Gasteiger partial charge in [-0.05, 0) is 78.2 Å². The van der Waals surface area contributed by atoms with Crippen molar-refractivity contribution in [3.05, 3.63) is 58.5 Å². The first-order valence-electron chi connectivity index (χ1n) is 16.3. The molecule has 3 fully saturated rings. The van der Waals surface area contributed by atoms with Crippen LogP contribution in [0.4, 0.5) is 5.82 Å². The Balaban J connectivity index is 1.09. The van der Waals surface area contributed by atoms with E-state index in [1.165, 1.54) is 11.6 Å². The van der Waals surface area contributed by atoms with Gasteiger partial charge in [0.1, 0.15) is 34.5 Å². The number of aromatic nitrogens is 6. The zero-order valence-electron chi connectivity index (χ0n) is 27.3. The zero-order chi connectivity index (χ0) is 33.6. The van der Waals surface area contributed by atoms with Crippen LogP contribution in [-0.2, 0) is 27.3 Å². The maximum absolute atomic E-state index is 14.0. The van der Waals surface area contributed by atoms with Crippen molar-refractivity contribution in [3.8, 4) is 11.3 Å². The second-order valence-electron chi connectivity index (χ2n) is 13.3. The fraction of sp³-hybridized carbons (Fsp3) is 0.471. The number of nitrogens with zero attached hydrogens (tertiary/aromatic N) is 8. The smallest absolute Gasteiger partial charge is 0.248 e. The number of ether oxygens (including phenoxy) is 1. The maximum atomic E-state index is 14.0. The fourth-order valence-corrected chi connectivity index (χ4v) is 7.31. The number of likely N-dealkylation sites (tertiary alicyclic amines) is 1. The Morgan fingerprint density at radius 1 is 1.08 bits per heavy atom. The van der Waals surface area contributed by atoms with Gasteiger partial charge in [0.05, 0.1) is 30.6 Å². The molecule has 1 aliphatic carbocycles. The number of pyridine rings is 2. The van der Waals surface area contributed by atoms with Crippen LogP contribution in [0, 0.1) is 12.3 Å². The quantitative estimate of drug-likeness (QED) is 0.190. The van der Waals surface area contributed by atoms with Gasteiger partial charge in [0.2, 0.25) is 11.8 Å². The lowest BCUT2D eigenvalue weighted by Gasteiger charge is -2.27. The minimum absolute atomic E-state index is 0.0374. The summed E-state index contributed by atoms with van der Waals surface area (Å²) in [6.45, 7) is 9.57. The third kappa shape index (κ3) is 6.48. The highest BCUT2D eigenvalue weighted by Gasteiger charge is 2.64. The first-order valence-corrected chi connectivity index (χ1v) is 17.1. The Morgan fingerprint density at radius 3 is 2.60 bits per heavy atom. The van der Waals surface area contributed by atoms with E-state index in [-0.39, 0.29) is 41.3 Å². The van der Waals surface area contributed by atoms with Crippen molar-refractivity contribution in [3.63, 3.8) is 0 Å². The average molecular weight is 717 g/mol. The molecule has 6 heterocycles. The molecular formula is C34H38BrN9O4. The molecule has 1 N–H and O–H groups in total. The molecule has 48 heavy (non-hydrogen) atoms. The summed E-state index contributed by atoms with van der Waals surface area (Å²) in [5.74, 6) is 0.450. The molecule has 2 saturated heterocycles. The molecule has 3 aliphatic rings. The highest BCUT2D eigenvalue weighted by atomic mass is 79.9. The highest BCUT2D eigenvalue weighted by Crippen LogP contribution is 2.59. The number of amides is 2. The van der Waals surface area contributed by atoms with Gasteiger partial charge >= 0.3 is 0 Å². The summed E-state index contributed by atoms with van der Waals surface area (Å²) in [7, 11) is 0. The number of hydrogen-bond donors (Lipinski definition) is 1. The predicted molar refractivity (Wildman–Crippen MR) is 181 cm³/mol. The van der Waals surface area contributed by atoms with Crippen molar-refractivity contribution >= 4 is 50.2 Å². The molecule has 3 atom stereocenters. The number of carbonyl (C=O) groups is 3. The van der Waals surface area contributed by atoms with Crippen LogP contribution in [0.15, 0.2) is 41.4 Å². The summed E-state index contributed by atoms with van der Waals surface area (Å²) < 4.78 is 7.61. The number of piperidine rings is 1. The number of morpholine rings is 1. The van der Waals surface area contributed by atoms with Gasteiger partial charge in [-0.25, -0.2) is 15.0 Å². The zero-order valence-corrected chi connectivity index (χ0v) is 28.9. The van der Waals surface area contributed by atoms with E-state index in [2.05, 4.69) is 58.1 Å². The van der Waals surface area contributed by atoms with Crippen molar-refractivity contribution in [1.29, 1.82) is 0 Å². The van der Waals surface area contributed by atoms with E-state index in [0.717, 1.165) is 57.7 Å². The molecule has 4 aromatic heterocycles. The summed E-state index contributed by atoms with van der Waals surface area (Å²) in [5, 5.41) is 8.21. The Kier molecular flexibility index (Phi) is 8.81. The van der Waals surface area contributed by atoms with E-state index in [0.29, 0.717) is 44.8 Å². The van der Waals surface area contributed by atoms with E-state index in [9.17, 15) is 14.4 Å². The van der Waals surface area contributed by atoms with Crippen molar-refractivity contribution in [2.45, 2.75) is 65.1 Å². The number of carbonyl (C=O) groups excluding carboxylic acids is 3. The molecule has 7 rings (SSSR count). The fourth-order valence-electron chi connectivity index (χ4n) is 7.00. The summed E-state index contributed by atoms with van der Waals surface area (Å²) in [4.78, 5) is 62.4. The number of nitrogens with one attached hydrogen (secondary N) is 1. The van der Waals surface area contributed by atoms with Crippen LogP contribution in [0.2, 0.25) is 0 Å². The molecule has 2 aliphatic heterocycles. The number of fused-ring (bicyclic) bond motifs is 2. The van der Waals surface area contributed by atoms with Gasteiger partial charge in [-0.3, -0.25) is 28.9 Å². The second-order valence-corrected chi connectivity index (χ2v) is 14.1. The molecule has 0 spiro atoms. The topological polar surface area (TPSA) is 148 Å². The second kappa shape index (κ2) is 13.1. The van der Waals surface area contributed by atoms with Gasteiger partial charge in [-0.15, -0.1) is 0 Å². The van der Waals surface area contributed by atoms with E-state index in [1.54, 1.807) is 36.5 Å². The van der Waals surface area contributed by atoms with Gasteiger partial charge in [0.15, 0.2) is 5.78 Å². The van der Waals surface area contributed by atoms with Crippen LogP contribution in [-0.4, -0.2) is 102 Å². The molecule has 14 heteroatoms. The lowest BCUT2D eigenvalue weighted by Crippen LogP contribution is -2.47. The first kappa shape index (κ1) is 32.4. The van der Waals surface area contributed by atoms with Crippen LogP contribution in [0.1, 0.15) is 55.0 Å². The Hall–Kier alpha value is -4.14. The normalized spacial score (nSPS) is 22.1. The largest absolute Gasteiger partial charge is 0.379 e. The monoisotopic (exact) mass is 715 g/mol. The number of hydrogen-bond acceptors (Lipinski definition) is 10. The Morgan fingerprint density at radius 2 is 1.85 bits per heavy atom. The molecule has 1 saturated carbocycles. The van der Waals surface area contributed by atoms with E-state index in [1.807, 2.05) is 12.1 Å². The predicted octanol–water partition coefficient (Wildman–Crippen LogP) is 3.84. The minimum Gasteiger partial charge on any atom is -0.379 e. The average Bonchev–Trinajstić information content (AvgIpc) is 3.43. The number of anilines is 1. The molecule has 2 amide bonds. The third-order valence-corrected chi connectivity index (χ3v) is 10.2. The summed E-state index contributed by atoms with van der Waals surface area (Å²) >= 11 is 3.46. The molecule has 0 unspecified atom stereocenters. The van der Waals surface area contributed by atoms with Crippen molar-refractivity contribution in [2.24, 2.45) is 5.41 Å². The van der Waals surface area contributed by atoms with E-state index < -0.39 is 6.04 Å². The molecule has 0 radical (unpaired) electrons. The van der Waals surface area contributed by atoms with Gasteiger partial charge in [0.25, 0.3) is 0 Å². The van der Waals surface area contributed by atoms with Crippen molar-refractivity contribution < 1.29 is 19.1 Å². The molecule has 0 aromatic carbocycles. The number of halogens is 1. The lowest BCUT2D eigenvalue weighted by atomic mass is 10.0. The Bertz CT molecular complexity index is 1890. The maximum Gasteiger partial charge on any atom is 0.248 e. The number of rotatable bonds is 10. The van der Waals surface area contributed by atoms with Gasteiger partial charge in [-0.1, -0.05) is 13.0 Å². The third-order valence-electron chi connectivity index (χ3n) is 9.77. The van der Waals surface area contributed by atoms with Crippen LogP contribution in [0.3, 0.4) is 0 Å². The van der Waals surface area contributed by atoms with Gasteiger partial charge in [0, 0.05) is 49.4 Å². The van der Waals surface area contributed by atoms with E-state index >= 15 is 0 Å². The molecule has 250 valence electrons. The standard InChI is InChI=1S/C34H38BrN9O4/c1-20(45)31-24-13-25(23-16-36-21(2)37-17-23)38-18-27(24)43(41-31)19-30(46)44-26(14-34(3)15-28(34)44)33(47)40-32-22(6-7-29(35)39-32)5-4-8-42-9-11-48-12-10-42/h6-7,13,16-18,26,28H,4-5,8-12,14-15,19H2,1-3H3,(H,39,40,47)/t26-,28+,34-/m0/s1. The molecular weight excluding hydrogens is 678 g/mol. The van der Waals surface area contributed by atoms with Crippen molar-refractivity contribution in [2.75, 3.05) is 38.2 Å². The highest BCUT2D eigenvalue weighted by molar-refractivity contribution is 9.10. The van der Waals surface area contributed by atoms with Crippen LogP contribution >= 0.6 is 15.9 Å². The SMILES string of the molecule is CC(=O)c1nn(CC(=O)N2[C@H](C(=O)Nc3nc(Br)ccc3CCCN3CCOCC3)C[C@@]3(C)C[C@@H]23)c2cnc(-c3cnc(C)nc3)cc12. The molecule has 4 aromatic rings. The lowest BCUT2D eigenvalue weighted by molar-refractivity contribution is -0.138. The van der Waals surface area contributed by atoms with Gasteiger partial charge in [-0.2, -0.15) is 5.10 Å².